The van der Waals surface area contributed by atoms with Crippen LogP contribution in [-0.2, 0) is 0 Å². The van der Waals surface area contributed by atoms with E-state index in [1.54, 1.807) is 0 Å². The molecule has 10 rings (SSSR count). The van der Waals surface area contributed by atoms with Crippen LogP contribution in [0.5, 0.6) is 0 Å². The fourth-order valence-corrected chi connectivity index (χ4v) is 7.99. The molecule has 0 saturated heterocycles. The summed E-state index contributed by atoms with van der Waals surface area (Å²) in [4.78, 5) is 2.28. The van der Waals surface area contributed by atoms with Crippen molar-refractivity contribution in [1.29, 1.82) is 0 Å². The maximum absolute atomic E-state index is 4.52. The van der Waals surface area contributed by atoms with Gasteiger partial charge in [-0.3, -0.25) is 0 Å². The van der Waals surface area contributed by atoms with E-state index in [1.807, 2.05) is 0 Å². The van der Waals surface area contributed by atoms with Gasteiger partial charge in [-0.15, -0.1) is 0 Å². The first-order valence-electron chi connectivity index (χ1n) is 17.8. The number of aromatic nitrogens is 1. The third-order valence-electron chi connectivity index (χ3n) is 10.5. The van der Waals surface area contributed by atoms with Gasteiger partial charge in [-0.1, -0.05) is 140 Å². The van der Waals surface area contributed by atoms with Crippen molar-refractivity contribution in [2.75, 3.05) is 4.90 Å². The number of nitrogens with zero attached hydrogens (tertiary/aromatic N) is 2. The van der Waals surface area contributed by atoms with Crippen LogP contribution in [0.2, 0.25) is 0 Å². The zero-order valence-electron chi connectivity index (χ0n) is 28.6. The number of fused-ring (bicyclic) bond motifs is 6. The van der Waals surface area contributed by atoms with Crippen molar-refractivity contribution in [3.63, 3.8) is 0 Å². The van der Waals surface area contributed by atoms with E-state index in [9.17, 15) is 0 Å². The number of hydrogen-bond acceptors (Lipinski definition) is 1. The Morgan fingerprint density at radius 2 is 1.13 bits per heavy atom. The van der Waals surface area contributed by atoms with Gasteiger partial charge in [0.05, 0.1) is 22.4 Å². The standard InChI is InChI=1S/C50H34N2/c1-34-13-9-10-30-51(40-26-27-42-39(31-40)18-11-21-41(42)35-14-3-2-4-15-35)47-28-24-37(32-45(34)47)38-25-29-50-46(33-38)44-20-7-8-22-49(44)52(50)48-23-12-17-36-16-5-6-19-43(36)48/h2-33H,1H2/b13-9-,30-10-. The average molecular weight is 663 g/mol. The molecule has 0 spiro atoms. The Morgan fingerprint density at radius 3 is 2.06 bits per heavy atom. The summed E-state index contributed by atoms with van der Waals surface area (Å²) in [6.07, 6.45) is 8.42. The molecule has 1 aliphatic rings. The van der Waals surface area contributed by atoms with E-state index in [2.05, 4.69) is 210 Å². The summed E-state index contributed by atoms with van der Waals surface area (Å²) in [7, 11) is 0. The molecule has 8 aromatic carbocycles. The Hall–Kier alpha value is -6.90. The lowest BCUT2D eigenvalue weighted by molar-refractivity contribution is 1.20. The third-order valence-corrected chi connectivity index (χ3v) is 10.5. The minimum atomic E-state index is 0.979. The lowest BCUT2D eigenvalue weighted by atomic mass is 9.95. The normalized spacial score (nSPS) is 14.1. The number of allylic oxidation sites excluding steroid dienone is 4. The van der Waals surface area contributed by atoms with E-state index in [0.717, 1.165) is 28.1 Å². The molecule has 9 aromatic rings. The second-order valence-corrected chi connectivity index (χ2v) is 13.5. The van der Waals surface area contributed by atoms with Gasteiger partial charge in [0, 0.05) is 33.6 Å². The van der Waals surface area contributed by atoms with Crippen LogP contribution in [0.15, 0.2) is 201 Å². The fraction of sp³-hybridized carbons (Fsp3) is 0. The third kappa shape index (κ3) is 4.88. The second kappa shape index (κ2) is 12.2. The quantitative estimate of drug-likeness (QED) is 0.182. The SMILES string of the molecule is C=C1/C=C\C=C/N(c2ccc3c(-c4ccccc4)cccc3c2)c2ccc(-c3ccc4c(c3)c3ccccc3n4-c3cccc4ccccc34)cc21. The fourth-order valence-electron chi connectivity index (χ4n) is 7.99. The van der Waals surface area contributed by atoms with Crippen molar-refractivity contribution in [2.45, 2.75) is 0 Å². The van der Waals surface area contributed by atoms with Gasteiger partial charge in [0.15, 0.2) is 0 Å². The van der Waals surface area contributed by atoms with Crippen molar-refractivity contribution in [1.82, 2.24) is 4.57 Å². The predicted octanol–water partition coefficient (Wildman–Crippen LogP) is 13.7. The van der Waals surface area contributed by atoms with Gasteiger partial charge in [-0.25, -0.2) is 0 Å². The van der Waals surface area contributed by atoms with Gasteiger partial charge in [-0.05, 0) is 98.6 Å². The molecule has 244 valence electrons. The first-order chi connectivity index (χ1) is 25.7. The van der Waals surface area contributed by atoms with Crippen molar-refractivity contribution in [2.24, 2.45) is 0 Å². The van der Waals surface area contributed by atoms with E-state index in [4.69, 9.17) is 0 Å². The molecule has 2 nitrogen and oxygen atoms in total. The molecule has 0 saturated carbocycles. The molecular weight excluding hydrogens is 629 g/mol. The number of rotatable bonds is 4. The first-order valence-corrected chi connectivity index (χ1v) is 17.8. The Bertz CT molecular complexity index is 2920. The monoisotopic (exact) mass is 662 g/mol. The molecule has 0 fully saturated rings. The van der Waals surface area contributed by atoms with Crippen LogP contribution in [-0.4, -0.2) is 4.57 Å². The Morgan fingerprint density at radius 1 is 0.404 bits per heavy atom. The van der Waals surface area contributed by atoms with Gasteiger partial charge >= 0.3 is 0 Å². The molecular formula is C50H34N2. The van der Waals surface area contributed by atoms with Crippen LogP contribution in [0.3, 0.4) is 0 Å². The molecule has 0 radical (unpaired) electrons. The summed E-state index contributed by atoms with van der Waals surface area (Å²) in [5.74, 6) is 0. The molecule has 2 heterocycles. The summed E-state index contributed by atoms with van der Waals surface area (Å²) in [5.41, 5.74) is 12.7. The summed E-state index contributed by atoms with van der Waals surface area (Å²) in [6, 6.07) is 61.6. The zero-order chi connectivity index (χ0) is 34.6. The number of anilines is 2. The van der Waals surface area contributed by atoms with Gasteiger partial charge in [0.25, 0.3) is 0 Å². The van der Waals surface area contributed by atoms with Gasteiger partial charge in [-0.2, -0.15) is 0 Å². The number of para-hydroxylation sites is 1. The van der Waals surface area contributed by atoms with E-state index < -0.39 is 0 Å². The highest BCUT2D eigenvalue weighted by atomic mass is 15.1. The topological polar surface area (TPSA) is 8.17 Å². The molecule has 1 aromatic heterocycles. The minimum Gasteiger partial charge on any atom is -0.317 e. The van der Waals surface area contributed by atoms with Gasteiger partial charge in [0.2, 0.25) is 0 Å². The molecule has 0 N–H and O–H groups in total. The molecule has 0 amide bonds. The van der Waals surface area contributed by atoms with Crippen LogP contribution in [0, 0.1) is 0 Å². The average Bonchev–Trinajstić information content (AvgIpc) is 3.53. The highest BCUT2D eigenvalue weighted by molar-refractivity contribution is 6.12. The maximum Gasteiger partial charge on any atom is 0.0541 e. The molecule has 0 unspecified atom stereocenters. The summed E-state index contributed by atoms with van der Waals surface area (Å²) >= 11 is 0. The van der Waals surface area contributed by atoms with Crippen molar-refractivity contribution < 1.29 is 0 Å². The number of hydrogen-bond donors (Lipinski definition) is 0. The van der Waals surface area contributed by atoms with Crippen LogP contribution >= 0.6 is 0 Å². The second-order valence-electron chi connectivity index (χ2n) is 13.5. The van der Waals surface area contributed by atoms with Gasteiger partial charge in [0.1, 0.15) is 0 Å². The molecule has 2 heteroatoms. The summed E-state index contributed by atoms with van der Waals surface area (Å²) < 4.78 is 2.42. The Balaban J connectivity index is 1.09. The highest BCUT2D eigenvalue weighted by Gasteiger charge is 2.18. The number of benzene rings is 8. The summed E-state index contributed by atoms with van der Waals surface area (Å²) in [6.45, 7) is 4.52. The Kier molecular flexibility index (Phi) is 7.00. The molecule has 1 aliphatic heterocycles. The van der Waals surface area contributed by atoms with E-state index in [-0.39, 0.29) is 0 Å². The molecule has 52 heavy (non-hydrogen) atoms. The van der Waals surface area contributed by atoms with Crippen LogP contribution < -0.4 is 4.90 Å². The predicted molar refractivity (Wildman–Crippen MR) is 223 cm³/mol. The summed E-state index contributed by atoms with van der Waals surface area (Å²) in [5, 5.41) is 7.41. The van der Waals surface area contributed by atoms with E-state index in [0.29, 0.717) is 0 Å². The first kappa shape index (κ1) is 30.0. The highest BCUT2D eigenvalue weighted by Crippen LogP contribution is 2.41. The van der Waals surface area contributed by atoms with Gasteiger partial charge < -0.3 is 9.47 Å². The van der Waals surface area contributed by atoms with Crippen molar-refractivity contribution >= 4 is 60.3 Å². The van der Waals surface area contributed by atoms with E-state index >= 15 is 0 Å². The van der Waals surface area contributed by atoms with Crippen LogP contribution in [0.25, 0.3) is 76.9 Å². The molecule has 0 aliphatic carbocycles. The van der Waals surface area contributed by atoms with E-state index in [1.165, 1.54) is 65.7 Å². The van der Waals surface area contributed by atoms with Crippen LogP contribution in [0.1, 0.15) is 5.56 Å². The maximum atomic E-state index is 4.52. The minimum absolute atomic E-state index is 0.979. The lowest BCUT2D eigenvalue weighted by Crippen LogP contribution is -2.11. The van der Waals surface area contributed by atoms with Crippen molar-refractivity contribution in [3.05, 3.63) is 206 Å². The largest absolute Gasteiger partial charge is 0.317 e. The zero-order valence-corrected chi connectivity index (χ0v) is 28.6. The smallest absolute Gasteiger partial charge is 0.0541 e. The Labute approximate surface area is 303 Å². The molecule has 0 atom stereocenters. The van der Waals surface area contributed by atoms with Crippen LogP contribution in [0.4, 0.5) is 11.4 Å². The molecule has 0 bridgehead atoms. The van der Waals surface area contributed by atoms with Crippen molar-refractivity contribution in [3.8, 4) is 27.9 Å². The lowest BCUT2D eigenvalue weighted by Gasteiger charge is -2.26.